The van der Waals surface area contributed by atoms with Crippen LogP contribution in [0.2, 0.25) is 0 Å². The molecule has 0 aliphatic carbocycles. The molecule has 0 saturated heterocycles. The Bertz CT molecular complexity index is 506. The summed E-state index contributed by atoms with van der Waals surface area (Å²) in [6.07, 6.45) is -4.33. The average molecular weight is 250 g/mol. The van der Waals surface area contributed by atoms with Gasteiger partial charge in [-0.1, -0.05) is 30.3 Å². The molecule has 2 rings (SSSR count). The van der Waals surface area contributed by atoms with E-state index in [1.807, 2.05) is 30.3 Å². The molecular formula is C14H11F3N. The molecule has 0 saturated carbocycles. The van der Waals surface area contributed by atoms with Gasteiger partial charge < -0.3 is 5.32 Å². The second-order valence-electron chi connectivity index (χ2n) is 3.85. The molecule has 0 bridgehead atoms. The van der Waals surface area contributed by atoms with Crippen molar-refractivity contribution in [1.82, 2.24) is 0 Å². The zero-order valence-electron chi connectivity index (χ0n) is 9.46. The van der Waals surface area contributed by atoms with Gasteiger partial charge in [-0.15, -0.1) is 0 Å². The zero-order valence-corrected chi connectivity index (χ0v) is 9.46. The smallest absolute Gasteiger partial charge is 0.381 e. The molecule has 0 unspecified atom stereocenters. The van der Waals surface area contributed by atoms with E-state index < -0.39 is 11.7 Å². The molecule has 4 heteroatoms. The lowest BCUT2D eigenvalue weighted by Gasteiger charge is -2.10. The summed E-state index contributed by atoms with van der Waals surface area (Å²) in [6.45, 7) is 0.482. The van der Waals surface area contributed by atoms with Crippen LogP contribution < -0.4 is 5.32 Å². The van der Waals surface area contributed by atoms with E-state index in [2.05, 4.69) is 11.4 Å². The number of anilines is 1. The minimum Gasteiger partial charge on any atom is -0.381 e. The Hall–Kier alpha value is -1.97. The highest BCUT2D eigenvalue weighted by molar-refractivity contribution is 5.46. The first-order chi connectivity index (χ1) is 8.55. The molecule has 0 spiro atoms. The van der Waals surface area contributed by atoms with Gasteiger partial charge in [0.1, 0.15) is 0 Å². The lowest BCUT2D eigenvalue weighted by molar-refractivity contribution is -0.137. The fourth-order valence-electron chi connectivity index (χ4n) is 1.54. The average Bonchev–Trinajstić information content (AvgIpc) is 2.37. The summed E-state index contributed by atoms with van der Waals surface area (Å²) in [5.41, 5.74) is 0.726. The van der Waals surface area contributed by atoms with Crippen molar-refractivity contribution < 1.29 is 13.2 Å². The molecule has 0 atom stereocenters. The monoisotopic (exact) mass is 250 g/mol. The zero-order chi connectivity index (χ0) is 13.0. The van der Waals surface area contributed by atoms with E-state index in [0.29, 0.717) is 12.2 Å². The van der Waals surface area contributed by atoms with Crippen molar-refractivity contribution in [2.24, 2.45) is 0 Å². The molecule has 0 fully saturated rings. The Labute approximate surface area is 103 Å². The lowest BCUT2D eigenvalue weighted by atomic mass is 10.2. The van der Waals surface area contributed by atoms with Crippen LogP contribution in [-0.2, 0) is 12.7 Å². The maximum Gasteiger partial charge on any atom is 0.416 e. The molecule has 0 aliphatic rings. The van der Waals surface area contributed by atoms with E-state index in [1.165, 1.54) is 6.07 Å². The molecule has 1 radical (unpaired) electrons. The van der Waals surface area contributed by atoms with Gasteiger partial charge in [-0.3, -0.25) is 0 Å². The standard InChI is InChI=1S/C14H11F3N/c15-14(16,17)12-7-4-8-13(9-12)18-10-11-5-2-1-3-6-11/h1-3,5-9,18H,10H2. The Morgan fingerprint density at radius 2 is 1.78 bits per heavy atom. The van der Waals surface area contributed by atoms with Crippen LogP contribution in [0.1, 0.15) is 11.1 Å². The summed E-state index contributed by atoms with van der Waals surface area (Å²) in [4.78, 5) is 0. The Kier molecular flexibility index (Phi) is 3.55. The molecule has 0 aromatic heterocycles. The Morgan fingerprint density at radius 1 is 1.06 bits per heavy atom. The van der Waals surface area contributed by atoms with Crippen molar-refractivity contribution in [3.63, 3.8) is 0 Å². The van der Waals surface area contributed by atoms with Gasteiger partial charge in [-0.2, -0.15) is 13.2 Å². The highest BCUT2D eigenvalue weighted by Crippen LogP contribution is 2.30. The van der Waals surface area contributed by atoms with Crippen LogP contribution in [0, 0.1) is 6.07 Å². The van der Waals surface area contributed by atoms with E-state index in [1.54, 1.807) is 0 Å². The van der Waals surface area contributed by atoms with E-state index in [-0.39, 0.29) is 0 Å². The van der Waals surface area contributed by atoms with Gasteiger partial charge in [-0.05, 0) is 29.8 Å². The van der Waals surface area contributed by atoms with Crippen LogP contribution in [0.3, 0.4) is 0 Å². The quantitative estimate of drug-likeness (QED) is 0.864. The van der Waals surface area contributed by atoms with Gasteiger partial charge in [0.15, 0.2) is 0 Å². The van der Waals surface area contributed by atoms with Gasteiger partial charge in [0, 0.05) is 12.2 Å². The van der Waals surface area contributed by atoms with Gasteiger partial charge in [0.2, 0.25) is 0 Å². The SMILES string of the molecule is FC(F)(F)c1c[c]cc(NCc2ccccc2)c1. The van der Waals surface area contributed by atoms with Crippen molar-refractivity contribution in [3.05, 3.63) is 65.7 Å². The number of nitrogens with one attached hydrogen (secondary N) is 1. The normalized spacial score (nSPS) is 11.3. The first-order valence-corrected chi connectivity index (χ1v) is 5.42. The van der Waals surface area contributed by atoms with Crippen LogP contribution >= 0.6 is 0 Å². The maximum absolute atomic E-state index is 12.5. The first-order valence-electron chi connectivity index (χ1n) is 5.42. The lowest BCUT2D eigenvalue weighted by Crippen LogP contribution is -2.06. The molecule has 0 heterocycles. The van der Waals surface area contributed by atoms with Gasteiger partial charge in [0.25, 0.3) is 0 Å². The topological polar surface area (TPSA) is 12.0 Å². The van der Waals surface area contributed by atoms with E-state index in [4.69, 9.17) is 0 Å². The molecule has 0 amide bonds. The minimum atomic E-state index is -4.33. The molecule has 93 valence electrons. The molecule has 2 aromatic rings. The van der Waals surface area contributed by atoms with Crippen molar-refractivity contribution in [3.8, 4) is 0 Å². The third-order valence-electron chi connectivity index (χ3n) is 2.46. The maximum atomic E-state index is 12.5. The number of benzene rings is 2. The first kappa shape index (κ1) is 12.5. The minimum absolute atomic E-state index is 0.411. The molecule has 0 aliphatic heterocycles. The van der Waals surface area contributed by atoms with Crippen molar-refractivity contribution in [1.29, 1.82) is 0 Å². The molecule has 2 aromatic carbocycles. The van der Waals surface area contributed by atoms with Crippen LogP contribution in [0.4, 0.5) is 18.9 Å². The third-order valence-corrected chi connectivity index (χ3v) is 2.46. The van der Waals surface area contributed by atoms with Crippen molar-refractivity contribution in [2.75, 3.05) is 5.32 Å². The molecule has 18 heavy (non-hydrogen) atoms. The second kappa shape index (κ2) is 5.12. The summed E-state index contributed by atoms with van der Waals surface area (Å²) in [6, 6.07) is 15.5. The largest absolute Gasteiger partial charge is 0.416 e. The highest BCUT2D eigenvalue weighted by atomic mass is 19.4. The highest BCUT2D eigenvalue weighted by Gasteiger charge is 2.30. The van der Waals surface area contributed by atoms with Gasteiger partial charge in [0.05, 0.1) is 5.56 Å². The van der Waals surface area contributed by atoms with E-state index >= 15 is 0 Å². The number of hydrogen-bond acceptors (Lipinski definition) is 1. The van der Waals surface area contributed by atoms with Crippen LogP contribution in [0.5, 0.6) is 0 Å². The third kappa shape index (κ3) is 3.26. The summed E-state index contributed by atoms with van der Waals surface area (Å²) < 4.78 is 37.4. The van der Waals surface area contributed by atoms with Crippen molar-refractivity contribution >= 4 is 5.69 Å². The van der Waals surface area contributed by atoms with E-state index in [0.717, 1.165) is 17.7 Å². The van der Waals surface area contributed by atoms with Crippen LogP contribution in [0.15, 0.2) is 48.5 Å². The predicted octanol–water partition coefficient (Wildman–Crippen LogP) is 4.12. The summed E-state index contributed by atoms with van der Waals surface area (Å²) in [7, 11) is 0. The predicted molar refractivity (Wildman–Crippen MR) is 64.0 cm³/mol. The second-order valence-corrected chi connectivity index (χ2v) is 3.85. The molecular weight excluding hydrogens is 239 g/mol. The summed E-state index contributed by atoms with van der Waals surface area (Å²) in [5.74, 6) is 0. The number of rotatable bonds is 3. The van der Waals surface area contributed by atoms with Crippen LogP contribution in [-0.4, -0.2) is 0 Å². The van der Waals surface area contributed by atoms with Crippen molar-refractivity contribution in [2.45, 2.75) is 12.7 Å². The number of hydrogen-bond donors (Lipinski definition) is 1. The van der Waals surface area contributed by atoms with E-state index in [9.17, 15) is 13.2 Å². The summed E-state index contributed by atoms with van der Waals surface area (Å²) >= 11 is 0. The number of halogens is 3. The van der Waals surface area contributed by atoms with Gasteiger partial charge >= 0.3 is 6.18 Å². The molecule has 1 nitrogen and oxygen atoms in total. The Balaban J connectivity index is 2.06. The number of alkyl halides is 3. The Morgan fingerprint density at radius 3 is 2.44 bits per heavy atom. The van der Waals surface area contributed by atoms with Crippen LogP contribution in [0.25, 0.3) is 0 Å². The fourth-order valence-corrected chi connectivity index (χ4v) is 1.54. The molecule has 1 N–H and O–H groups in total. The summed E-state index contributed by atoms with van der Waals surface area (Å²) in [5, 5.41) is 2.94. The van der Waals surface area contributed by atoms with Gasteiger partial charge in [-0.25, -0.2) is 0 Å². The fraction of sp³-hybridized carbons (Fsp3) is 0.143.